The Labute approximate surface area is 248 Å². The third kappa shape index (κ3) is 6.06. The molecule has 0 bridgehead atoms. The number of rotatable bonds is 8. The lowest BCUT2D eigenvalue weighted by Crippen LogP contribution is -2.73. The molecule has 2 unspecified atom stereocenters. The number of esters is 1. The molecule has 4 fully saturated rings. The Morgan fingerprint density at radius 2 is 1.76 bits per heavy atom. The van der Waals surface area contributed by atoms with E-state index in [1.807, 2.05) is 6.92 Å². The van der Waals surface area contributed by atoms with Crippen LogP contribution >= 0.6 is 0 Å². The molecule has 11 heteroatoms. The van der Waals surface area contributed by atoms with Crippen LogP contribution in [0.1, 0.15) is 79.6 Å². The molecule has 0 aromatic rings. The standard InChI is InChI=1S/C31H52O11/c1-7-29(6)12-17(33)25-30(16-40-21(34)13-28(4,5)38)10-8-9-27(2,3)19(30)11-20(31(25,39)15-29)42-26-24(37)23(36)22(35)18(14-32)41-26/h7,17-20,22-26,32-33,35-39H,1,8-16H2,2-6H3/t17?,18-,19+,20?,22-,23+,24-,25-,26+,29-,30-,31-/m1/s1. The Kier molecular flexibility index (Phi) is 9.36. The lowest BCUT2D eigenvalue weighted by Gasteiger charge is -2.68. The fourth-order valence-corrected chi connectivity index (χ4v) is 8.85. The molecule has 4 aliphatic rings. The molecule has 242 valence electrons. The number of carbonyl (C=O) groups is 1. The van der Waals surface area contributed by atoms with E-state index in [1.165, 1.54) is 13.8 Å². The summed E-state index contributed by atoms with van der Waals surface area (Å²) in [7, 11) is 0. The molecule has 7 N–H and O–H groups in total. The van der Waals surface area contributed by atoms with Crippen molar-refractivity contribution in [1.82, 2.24) is 0 Å². The van der Waals surface area contributed by atoms with Gasteiger partial charge in [-0.05, 0) is 62.7 Å². The molecule has 4 rings (SSSR count). The largest absolute Gasteiger partial charge is 0.465 e. The maximum atomic E-state index is 12.8. The van der Waals surface area contributed by atoms with Crippen molar-refractivity contribution in [2.24, 2.45) is 28.1 Å². The van der Waals surface area contributed by atoms with Gasteiger partial charge in [-0.1, -0.05) is 33.3 Å². The summed E-state index contributed by atoms with van der Waals surface area (Å²) >= 11 is 0. The normalized spacial score (nSPS) is 47.2. The van der Waals surface area contributed by atoms with E-state index in [1.54, 1.807) is 6.08 Å². The maximum absolute atomic E-state index is 12.8. The number of aliphatic hydroxyl groups is 7. The van der Waals surface area contributed by atoms with Crippen LogP contribution in [0.2, 0.25) is 0 Å². The van der Waals surface area contributed by atoms with Crippen LogP contribution in [-0.4, -0.2) is 109 Å². The second-order valence-electron chi connectivity index (χ2n) is 15.1. The third-order valence-corrected chi connectivity index (χ3v) is 10.7. The number of aliphatic hydroxyl groups excluding tert-OH is 5. The molecule has 0 radical (unpaired) electrons. The molecule has 0 amide bonds. The van der Waals surface area contributed by atoms with Gasteiger partial charge in [-0.25, -0.2) is 0 Å². The van der Waals surface area contributed by atoms with E-state index in [4.69, 9.17) is 14.2 Å². The fraction of sp³-hybridized carbons (Fsp3) is 0.903. The van der Waals surface area contributed by atoms with Crippen molar-refractivity contribution in [3.05, 3.63) is 12.7 Å². The van der Waals surface area contributed by atoms with Gasteiger partial charge in [-0.15, -0.1) is 6.58 Å². The molecule has 3 aliphatic carbocycles. The van der Waals surface area contributed by atoms with E-state index in [2.05, 4.69) is 20.4 Å². The van der Waals surface area contributed by atoms with Crippen LogP contribution in [0.4, 0.5) is 0 Å². The van der Waals surface area contributed by atoms with E-state index in [0.29, 0.717) is 12.8 Å². The predicted octanol–water partition coefficient (Wildman–Crippen LogP) is 0.786. The van der Waals surface area contributed by atoms with E-state index in [0.717, 1.165) is 12.8 Å². The van der Waals surface area contributed by atoms with Gasteiger partial charge in [0.2, 0.25) is 0 Å². The Morgan fingerprint density at radius 1 is 1.10 bits per heavy atom. The topological polar surface area (TPSA) is 186 Å². The van der Waals surface area contributed by atoms with Crippen LogP contribution in [0.3, 0.4) is 0 Å². The summed E-state index contributed by atoms with van der Waals surface area (Å²) in [4.78, 5) is 12.8. The first-order valence-electron chi connectivity index (χ1n) is 15.2. The Morgan fingerprint density at radius 3 is 2.36 bits per heavy atom. The highest BCUT2D eigenvalue weighted by Crippen LogP contribution is 2.67. The van der Waals surface area contributed by atoms with Crippen LogP contribution in [-0.2, 0) is 19.0 Å². The zero-order valence-electron chi connectivity index (χ0n) is 25.6. The molecular weight excluding hydrogens is 548 g/mol. The van der Waals surface area contributed by atoms with Gasteiger partial charge in [0.15, 0.2) is 6.29 Å². The number of ether oxygens (including phenoxy) is 3. The van der Waals surface area contributed by atoms with Crippen LogP contribution in [0.25, 0.3) is 0 Å². The average Bonchev–Trinajstić information content (AvgIpc) is 2.86. The Bertz CT molecular complexity index is 994. The molecule has 12 atom stereocenters. The average molecular weight is 601 g/mol. The van der Waals surface area contributed by atoms with Gasteiger partial charge in [-0.3, -0.25) is 4.79 Å². The Balaban J connectivity index is 1.77. The molecule has 0 spiro atoms. The van der Waals surface area contributed by atoms with Gasteiger partial charge in [0.1, 0.15) is 24.4 Å². The van der Waals surface area contributed by atoms with Crippen molar-refractivity contribution in [2.45, 2.75) is 134 Å². The van der Waals surface area contributed by atoms with Gasteiger partial charge < -0.3 is 50.0 Å². The fourth-order valence-electron chi connectivity index (χ4n) is 8.85. The highest BCUT2D eigenvalue weighted by molar-refractivity contribution is 5.70. The number of carbonyl (C=O) groups excluding carboxylic acids is 1. The van der Waals surface area contributed by atoms with Crippen molar-refractivity contribution >= 4 is 5.97 Å². The van der Waals surface area contributed by atoms with Gasteiger partial charge in [-0.2, -0.15) is 0 Å². The lowest BCUT2D eigenvalue weighted by atomic mass is 9.40. The number of allylic oxidation sites excluding steroid dienone is 1. The minimum Gasteiger partial charge on any atom is -0.465 e. The number of fused-ring (bicyclic) bond motifs is 3. The highest BCUT2D eigenvalue weighted by atomic mass is 16.7. The van der Waals surface area contributed by atoms with Crippen molar-refractivity contribution in [3.8, 4) is 0 Å². The van der Waals surface area contributed by atoms with Gasteiger partial charge in [0.05, 0.1) is 43.0 Å². The second-order valence-corrected chi connectivity index (χ2v) is 15.1. The minimum absolute atomic E-state index is 0.0440. The summed E-state index contributed by atoms with van der Waals surface area (Å²) in [5, 5.41) is 76.0. The van der Waals surface area contributed by atoms with Crippen molar-refractivity contribution in [2.75, 3.05) is 13.2 Å². The molecule has 11 nitrogen and oxygen atoms in total. The second kappa shape index (κ2) is 11.7. The van der Waals surface area contributed by atoms with Gasteiger partial charge in [0, 0.05) is 11.3 Å². The summed E-state index contributed by atoms with van der Waals surface area (Å²) in [6.45, 7) is 12.5. The van der Waals surface area contributed by atoms with E-state index in [-0.39, 0.29) is 37.2 Å². The molecule has 0 aromatic carbocycles. The van der Waals surface area contributed by atoms with Crippen molar-refractivity contribution < 1.29 is 54.8 Å². The SMILES string of the molecule is C=C[C@]1(C)CC(O)[C@@H]2[C@@]3(COC(=O)CC(C)(C)O)CCCC(C)(C)[C@@H]3CC(O[C@@H]3O[C@H](CO)[C@@H](O)[C@H](O)[C@H]3O)[C@]2(O)C1. The maximum Gasteiger partial charge on any atom is 0.308 e. The lowest BCUT2D eigenvalue weighted by molar-refractivity contribution is -0.356. The molecule has 1 heterocycles. The quantitative estimate of drug-likeness (QED) is 0.119. The molecule has 1 saturated heterocycles. The number of hydrogen-bond donors (Lipinski definition) is 7. The van der Waals surface area contributed by atoms with Crippen LogP contribution in [0.5, 0.6) is 0 Å². The van der Waals surface area contributed by atoms with Crippen LogP contribution in [0.15, 0.2) is 12.7 Å². The van der Waals surface area contributed by atoms with Crippen molar-refractivity contribution in [1.29, 1.82) is 0 Å². The molecule has 1 aliphatic heterocycles. The van der Waals surface area contributed by atoms with E-state index >= 15 is 0 Å². The summed E-state index contributed by atoms with van der Waals surface area (Å²) in [5.74, 6) is -1.55. The molecule has 42 heavy (non-hydrogen) atoms. The molecule has 0 aromatic heterocycles. The summed E-state index contributed by atoms with van der Waals surface area (Å²) in [6, 6.07) is 0. The van der Waals surface area contributed by atoms with Crippen LogP contribution < -0.4 is 0 Å². The first kappa shape index (κ1) is 33.7. The van der Waals surface area contributed by atoms with E-state index < -0.39 is 83.4 Å². The smallest absolute Gasteiger partial charge is 0.308 e. The molecule has 3 saturated carbocycles. The van der Waals surface area contributed by atoms with Gasteiger partial charge >= 0.3 is 5.97 Å². The predicted molar refractivity (Wildman–Crippen MR) is 151 cm³/mol. The number of hydrogen-bond acceptors (Lipinski definition) is 11. The summed E-state index contributed by atoms with van der Waals surface area (Å²) in [6.07, 6.45) is -4.99. The first-order valence-corrected chi connectivity index (χ1v) is 15.2. The van der Waals surface area contributed by atoms with Crippen LogP contribution in [0, 0.1) is 28.1 Å². The van der Waals surface area contributed by atoms with Gasteiger partial charge in [0.25, 0.3) is 0 Å². The zero-order valence-corrected chi connectivity index (χ0v) is 25.6. The highest BCUT2D eigenvalue weighted by Gasteiger charge is 2.70. The molecular formula is C31H52O11. The Hall–Kier alpha value is -1.15. The monoisotopic (exact) mass is 600 g/mol. The summed E-state index contributed by atoms with van der Waals surface area (Å²) < 4.78 is 17.9. The minimum atomic E-state index is -1.69. The first-order chi connectivity index (χ1) is 19.3. The summed E-state index contributed by atoms with van der Waals surface area (Å²) in [5.41, 5.74) is -4.74. The van der Waals surface area contributed by atoms with E-state index in [9.17, 15) is 40.5 Å². The third-order valence-electron chi connectivity index (χ3n) is 10.7. The van der Waals surface area contributed by atoms with Crippen molar-refractivity contribution in [3.63, 3.8) is 0 Å². The zero-order chi connectivity index (χ0) is 31.5.